The SMILES string of the molecule is COc1cc(C2CC(=O)Nc3c2cnn3-c2nc3ccccc3s2)ccc1OCCc1ccccc1. The van der Waals surface area contributed by atoms with E-state index in [2.05, 4.69) is 22.5 Å². The molecule has 1 amide bonds. The normalized spacial score (nSPS) is 14.9. The Hall–Kier alpha value is -4.17. The first-order chi connectivity index (χ1) is 17.7. The van der Waals surface area contributed by atoms with Crippen LogP contribution in [0.4, 0.5) is 5.82 Å². The van der Waals surface area contributed by atoms with Crippen LogP contribution in [-0.2, 0) is 11.2 Å². The highest BCUT2D eigenvalue weighted by molar-refractivity contribution is 7.20. The van der Waals surface area contributed by atoms with Gasteiger partial charge in [0.2, 0.25) is 11.0 Å². The molecule has 3 heterocycles. The number of hydrogen-bond donors (Lipinski definition) is 1. The van der Waals surface area contributed by atoms with Crippen molar-refractivity contribution >= 4 is 33.3 Å². The maximum Gasteiger partial charge on any atom is 0.226 e. The molecule has 0 bridgehead atoms. The van der Waals surface area contributed by atoms with Crippen LogP contribution >= 0.6 is 11.3 Å². The van der Waals surface area contributed by atoms with Crippen LogP contribution in [-0.4, -0.2) is 34.4 Å². The fourth-order valence-corrected chi connectivity index (χ4v) is 5.49. The summed E-state index contributed by atoms with van der Waals surface area (Å²) in [5, 5.41) is 8.32. The monoisotopic (exact) mass is 496 g/mol. The molecule has 180 valence electrons. The third kappa shape index (κ3) is 4.20. The van der Waals surface area contributed by atoms with Crippen molar-refractivity contribution in [2.75, 3.05) is 19.0 Å². The van der Waals surface area contributed by atoms with Gasteiger partial charge in [0, 0.05) is 24.3 Å². The Balaban J connectivity index is 1.27. The lowest BCUT2D eigenvalue weighted by Gasteiger charge is -2.24. The predicted molar refractivity (Wildman–Crippen MR) is 140 cm³/mol. The number of thiazole rings is 1. The van der Waals surface area contributed by atoms with Crippen LogP contribution in [0.5, 0.6) is 11.5 Å². The van der Waals surface area contributed by atoms with Gasteiger partial charge in [-0.2, -0.15) is 9.78 Å². The Morgan fingerprint density at radius 2 is 1.89 bits per heavy atom. The van der Waals surface area contributed by atoms with Gasteiger partial charge in [0.25, 0.3) is 0 Å². The minimum atomic E-state index is -0.149. The molecule has 1 aliphatic rings. The maximum atomic E-state index is 12.7. The van der Waals surface area contributed by atoms with Crippen LogP contribution in [0, 0.1) is 0 Å². The second-order valence-electron chi connectivity index (χ2n) is 8.62. The first kappa shape index (κ1) is 22.3. The fraction of sp³-hybridized carbons (Fsp3) is 0.179. The number of aromatic nitrogens is 3. The Morgan fingerprint density at radius 1 is 1.06 bits per heavy atom. The molecule has 0 fully saturated rings. The van der Waals surface area contributed by atoms with Crippen LogP contribution in [0.3, 0.4) is 0 Å². The van der Waals surface area contributed by atoms with E-state index in [-0.39, 0.29) is 11.8 Å². The number of fused-ring (bicyclic) bond motifs is 2. The molecule has 0 spiro atoms. The molecule has 1 atom stereocenters. The van der Waals surface area contributed by atoms with Crippen LogP contribution in [0.2, 0.25) is 0 Å². The number of carbonyl (C=O) groups is 1. The number of amides is 1. The zero-order valence-electron chi connectivity index (χ0n) is 19.7. The van der Waals surface area contributed by atoms with Crippen molar-refractivity contribution in [1.29, 1.82) is 0 Å². The Morgan fingerprint density at radius 3 is 2.72 bits per heavy atom. The van der Waals surface area contributed by atoms with E-state index in [1.165, 1.54) is 5.56 Å². The zero-order valence-corrected chi connectivity index (χ0v) is 20.5. The summed E-state index contributed by atoms with van der Waals surface area (Å²) in [6.45, 7) is 0.546. The van der Waals surface area contributed by atoms with Crippen LogP contribution in [0.15, 0.2) is 79.0 Å². The minimum Gasteiger partial charge on any atom is -0.493 e. The molecule has 7 nitrogen and oxygen atoms in total. The van der Waals surface area contributed by atoms with Gasteiger partial charge in [-0.3, -0.25) is 4.79 Å². The van der Waals surface area contributed by atoms with Gasteiger partial charge in [-0.1, -0.05) is 59.9 Å². The molecule has 3 aromatic carbocycles. The van der Waals surface area contributed by atoms with E-state index in [9.17, 15) is 4.79 Å². The maximum absolute atomic E-state index is 12.7. The minimum absolute atomic E-state index is 0.0579. The van der Waals surface area contributed by atoms with Gasteiger partial charge in [-0.05, 0) is 35.4 Å². The van der Waals surface area contributed by atoms with Crippen molar-refractivity contribution < 1.29 is 14.3 Å². The Labute approximate surface area is 212 Å². The van der Waals surface area contributed by atoms with Gasteiger partial charge < -0.3 is 14.8 Å². The summed E-state index contributed by atoms with van der Waals surface area (Å²) in [4.78, 5) is 17.4. The summed E-state index contributed by atoms with van der Waals surface area (Å²) in [5.74, 6) is 1.79. The van der Waals surface area contributed by atoms with E-state index in [0.717, 1.165) is 32.9 Å². The zero-order chi connectivity index (χ0) is 24.5. The van der Waals surface area contributed by atoms with Gasteiger partial charge in [0.15, 0.2) is 11.5 Å². The van der Waals surface area contributed by atoms with Crippen molar-refractivity contribution in [3.05, 3.63) is 95.7 Å². The molecule has 2 aromatic heterocycles. The number of rotatable bonds is 7. The van der Waals surface area contributed by atoms with Gasteiger partial charge in [0.05, 0.1) is 30.1 Å². The number of ether oxygens (including phenoxy) is 2. The number of para-hydroxylation sites is 1. The lowest BCUT2D eigenvalue weighted by atomic mass is 9.87. The highest BCUT2D eigenvalue weighted by Crippen LogP contribution is 2.41. The topological polar surface area (TPSA) is 78.3 Å². The van der Waals surface area contributed by atoms with E-state index >= 15 is 0 Å². The quantitative estimate of drug-likeness (QED) is 0.318. The van der Waals surface area contributed by atoms with E-state index in [1.54, 1.807) is 23.1 Å². The molecule has 5 aromatic rings. The van der Waals surface area contributed by atoms with Crippen molar-refractivity contribution in [1.82, 2.24) is 14.8 Å². The summed E-state index contributed by atoms with van der Waals surface area (Å²) >= 11 is 1.54. The smallest absolute Gasteiger partial charge is 0.226 e. The number of anilines is 1. The van der Waals surface area contributed by atoms with E-state index < -0.39 is 0 Å². The van der Waals surface area contributed by atoms with Gasteiger partial charge in [-0.15, -0.1) is 0 Å². The third-order valence-corrected chi connectivity index (χ3v) is 7.38. The Kier molecular flexibility index (Phi) is 5.87. The highest BCUT2D eigenvalue weighted by atomic mass is 32.1. The van der Waals surface area contributed by atoms with Crippen molar-refractivity contribution in [3.63, 3.8) is 0 Å². The average Bonchev–Trinajstić information content (AvgIpc) is 3.53. The first-order valence-electron chi connectivity index (χ1n) is 11.8. The summed E-state index contributed by atoms with van der Waals surface area (Å²) in [6.07, 6.45) is 2.96. The van der Waals surface area contributed by atoms with Crippen molar-refractivity contribution in [2.24, 2.45) is 0 Å². The fourth-order valence-electron chi connectivity index (χ4n) is 4.56. The molecule has 6 rings (SSSR count). The molecule has 1 N–H and O–H groups in total. The van der Waals surface area contributed by atoms with E-state index in [0.29, 0.717) is 30.3 Å². The second kappa shape index (κ2) is 9.47. The molecule has 0 radical (unpaired) electrons. The standard InChI is InChI=1S/C28H24N4O3S/c1-34-24-15-19(11-12-23(24)35-14-13-18-7-3-2-4-8-18)20-16-26(33)31-27-21(20)17-29-32(27)28-30-22-9-5-6-10-25(22)36-28/h2-12,15,17,20H,13-14,16H2,1H3,(H,31,33). The summed E-state index contributed by atoms with van der Waals surface area (Å²) in [7, 11) is 1.63. The molecule has 0 saturated heterocycles. The van der Waals surface area contributed by atoms with E-state index in [4.69, 9.17) is 14.5 Å². The third-order valence-electron chi connectivity index (χ3n) is 6.37. The largest absolute Gasteiger partial charge is 0.493 e. The molecule has 1 unspecified atom stereocenters. The van der Waals surface area contributed by atoms with Gasteiger partial charge >= 0.3 is 0 Å². The number of carbonyl (C=O) groups excluding carboxylic acids is 1. The first-order valence-corrected chi connectivity index (χ1v) is 12.6. The van der Waals surface area contributed by atoms with Gasteiger partial charge in [0.1, 0.15) is 5.82 Å². The molecular weight excluding hydrogens is 472 g/mol. The number of nitrogens with zero attached hydrogens (tertiary/aromatic N) is 3. The molecule has 0 saturated carbocycles. The van der Waals surface area contributed by atoms with Crippen LogP contribution in [0.1, 0.15) is 29.0 Å². The lowest BCUT2D eigenvalue weighted by molar-refractivity contribution is -0.116. The summed E-state index contributed by atoms with van der Waals surface area (Å²) in [5.41, 5.74) is 4.06. The molecule has 1 aliphatic heterocycles. The van der Waals surface area contributed by atoms with Gasteiger partial charge in [-0.25, -0.2) is 4.98 Å². The number of hydrogen-bond acceptors (Lipinski definition) is 6. The van der Waals surface area contributed by atoms with Crippen LogP contribution in [0.25, 0.3) is 15.3 Å². The predicted octanol–water partition coefficient (Wildman–Crippen LogP) is 5.59. The second-order valence-corrected chi connectivity index (χ2v) is 9.63. The van der Waals surface area contributed by atoms with Crippen LogP contribution < -0.4 is 14.8 Å². The van der Waals surface area contributed by atoms with E-state index in [1.807, 2.05) is 66.9 Å². The Bertz CT molecular complexity index is 1510. The number of benzene rings is 3. The summed E-state index contributed by atoms with van der Waals surface area (Å²) in [6, 6.07) is 24.1. The lowest BCUT2D eigenvalue weighted by Crippen LogP contribution is -2.24. The molecule has 0 aliphatic carbocycles. The molecule has 36 heavy (non-hydrogen) atoms. The number of methoxy groups -OCH3 is 1. The highest BCUT2D eigenvalue weighted by Gasteiger charge is 2.31. The average molecular weight is 497 g/mol. The molecule has 8 heteroatoms. The molecular formula is C28H24N4O3S. The number of nitrogens with one attached hydrogen (secondary N) is 1. The van der Waals surface area contributed by atoms with Crippen molar-refractivity contribution in [3.8, 4) is 16.6 Å². The van der Waals surface area contributed by atoms with Crippen molar-refractivity contribution in [2.45, 2.75) is 18.8 Å². The summed E-state index contributed by atoms with van der Waals surface area (Å²) < 4.78 is 14.5.